The molecule has 2 rings (SSSR count). The number of amides is 1. The number of alkyl halides is 3. The van der Waals surface area contributed by atoms with Crippen molar-refractivity contribution in [1.29, 1.82) is 0 Å². The van der Waals surface area contributed by atoms with Crippen molar-refractivity contribution in [3.63, 3.8) is 0 Å². The quantitative estimate of drug-likeness (QED) is 0.900. The van der Waals surface area contributed by atoms with Gasteiger partial charge in [0, 0.05) is 30.8 Å². The topological polar surface area (TPSA) is 41.6 Å². The predicted molar refractivity (Wildman–Crippen MR) is 81.1 cm³/mol. The Balaban J connectivity index is 0.00000242. The first-order chi connectivity index (χ1) is 9.87. The Hall–Kier alpha value is -1.12. The average Bonchev–Trinajstić information content (AvgIpc) is 2.92. The van der Waals surface area contributed by atoms with E-state index >= 15 is 0 Å². The van der Waals surface area contributed by atoms with Gasteiger partial charge in [-0.2, -0.15) is 0 Å². The van der Waals surface area contributed by atoms with Crippen molar-refractivity contribution in [3.8, 4) is 5.75 Å². The van der Waals surface area contributed by atoms with Gasteiger partial charge in [-0.25, -0.2) is 0 Å². The van der Waals surface area contributed by atoms with Gasteiger partial charge in [0.15, 0.2) is 0 Å². The maximum absolute atomic E-state index is 12.3. The molecule has 1 aromatic carbocycles. The van der Waals surface area contributed by atoms with Crippen LogP contribution < -0.4 is 10.1 Å². The summed E-state index contributed by atoms with van der Waals surface area (Å²) in [6.45, 7) is 0.0634. The average molecular weight is 357 g/mol. The van der Waals surface area contributed by atoms with Crippen molar-refractivity contribution in [2.24, 2.45) is 0 Å². The Bertz CT molecular complexity index is 510. The molecule has 124 valence electrons. The van der Waals surface area contributed by atoms with Crippen LogP contribution >= 0.6 is 24.2 Å². The molecule has 1 amide bonds. The number of carbonyl (C=O) groups excluding carboxylic acids is 1. The monoisotopic (exact) mass is 356 g/mol. The summed E-state index contributed by atoms with van der Waals surface area (Å²) in [5.41, 5.74) is 0.316. The Morgan fingerprint density at radius 2 is 2.14 bits per heavy atom. The first-order valence-corrected chi connectivity index (χ1v) is 7.42. The lowest BCUT2D eigenvalue weighted by Crippen LogP contribution is -2.42. The molecule has 1 atom stereocenters. The fourth-order valence-corrected chi connectivity index (χ4v) is 2.95. The van der Waals surface area contributed by atoms with Gasteiger partial charge in [0.1, 0.15) is 5.75 Å². The number of nitrogens with zero attached hydrogens (tertiary/aromatic N) is 1. The van der Waals surface area contributed by atoms with Gasteiger partial charge in [0.05, 0.1) is 6.04 Å². The van der Waals surface area contributed by atoms with Crippen LogP contribution in [0, 0.1) is 0 Å². The largest absolute Gasteiger partial charge is 0.573 e. The van der Waals surface area contributed by atoms with Crippen LogP contribution in [-0.2, 0) is 11.3 Å². The Morgan fingerprint density at radius 3 is 2.73 bits per heavy atom. The van der Waals surface area contributed by atoms with Gasteiger partial charge in [-0.05, 0) is 6.07 Å². The molecule has 0 aliphatic carbocycles. The van der Waals surface area contributed by atoms with Gasteiger partial charge in [-0.3, -0.25) is 10.1 Å². The summed E-state index contributed by atoms with van der Waals surface area (Å²) in [7, 11) is 1.57. The van der Waals surface area contributed by atoms with Crippen LogP contribution in [0.25, 0.3) is 0 Å². The van der Waals surface area contributed by atoms with Gasteiger partial charge < -0.3 is 9.64 Å². The second-order valence-corrected chi connectivity index (χ2v) is 5.65. The number of likely N-dealkylation sites (N-methyl/N-ethyl adjacent to an activating group) is 1. The third-order valence-corrected chi connectivity index (χ3v) is 3.94. The third kappa shape index (κ3) is 5.26. The molecular formula is C13H16ClF3N2O2S. The fraction of sp³-hybridized carbons (Fsp3) is 0.462. The van der Waals surface area contributed by atoms with E-state index in [1.165, 1.54) is 23.1 Å². The summed E-state index contributed by atoms with van der Waals surface area (Å²) in [6, 6.07) is 5.55. The lowest BCUT2D eigenvalue weighted by Gasteiger charge is -2.22. The maximum atomic E-state index is 12.3. The molecule has 9 heteroatoms. The molecule has 1 heterocycles. The van der Waals surface area contributed by atoms with Crippen LogP contribution in [0.1, 0.15) is 5.56 Å². The predicted octanol–water partition coefficient (Wildman–Crippen LogP) is 2.63. The summed E-state index contributed by atoms with van der Waals surface area (Å²) >= 11 is 1.61. The minimum Gasteiger partial charge on any atom is -0.405 e. The van der Waals surface area contributed by atoms with E-state index in [9.17, 15) is 18.0 Å². The first kappa shape index (κ1) is 18.9. The van der Waals surface area contributed by atoms with Gasteiger partial charge >= 0.3 is 6.36 Å². The van der Waals surface area contributed by atoms with Gasteiger partial charge in [0.2, 0.25) is 5.91 Å². The van der Waals surface area contributed by atoms with E-state index in [-0.39, 0.29) is 36.7 Å². The molecule has 1 aliphatic heterocycles. The molecule has 0 radical (unpaired) electrons. The van der Waals surface area contributed by atoms with Crippen LogP contribution in [0.2, 0.25) is 0 Å². The highest BCUT2D eigenvalue weighted by Crippen LogP contribution is 2.27. The number of benzene rings is 1. The molecule has 1 fully saturated rings. The van der Waals surface area contributed by atoms with E-state index in [2.05, 4.69) is 10.1 Å². The van der Waals surface area contributed by atoms with Crippen molar-refractivity contribution in [2.45, 2.75) is 18.9 Å². The van der Waals surface area contributed by atoms with Crippen LogP contribution in [-0.4, -0.2) is 41.9 Å². The van der Waals surface area contributed by atoms with E-state index in [0.717, 1.165) is 0 Å². The number of para-hydroxylation sites is 1. The van der Waals surface area contributed by atoms with Gasteiger partial charge in [-0.1, -0.05) is 18.2 Å². The van der Waals surface area contributed by atoms with E-state index in [1.807, 2.05) is 0 Å². The summed E-state index contributed by atoms with van der Waals surface area (Å²) in [5, 5.41) is 3.04. The molecule has 0 saturated carbocycles. The summed E-state index contributed by atoms with van der Waals surface area (Å²) in [6.07, 6.45) is -4.75. The molecule has 4 nitrogen and oxygen atoms in total. The first-order valence-electron chi connectivity index (χ1n) is 6.26. The molecule has 1 unspecified atom stereocenters. The molecule has 22 heavy (non-hydrogen) atoms. The summed E-state index contributed by atoms with van der Waals surface area (Å²) < 4.78 is 41.0. The van der Waals surface area contributed by atoms with Crippen molar-refractivity contribution < 1.29 is 22.7 Å². The molecule has 0 spiro atoms. The molecule has 0 aromatic heterocycles. The molecule has 1 saturated heterocycles. The minimum absolute atomic E-state index is 0. The smallest absolute Gasteiger partial charge is 0.405 e. The Labute approximate surface area is 136 Å². The summed E-state index contributed by atoms with van der Waals surface area (Å²) in [5.74, 6) is 0.960. The number of rotatable bonds is 4. The second-order valence-electron chi connectivity index (χ2n) is 4.62. The van der Waals surface area contributed by atoms with Gasteiger partial charge in [0.25, 0.3) is 0 Å². The van der Waals surface area contributed by atoms with Crippen molar-refractivity contribution >= 4 is 30.1 Å². The zero-order valence-electron chi connectivity index (χ0n) is 11.7. The Morgan fingerprint density at radius 1 is 1.45 bits per heavy atom. The van der Waals surface area contributed by atoms with Crippen LogP contribution in [0.4, 0.5) is 13.2 Å². The third-order valence-electron chi connectivity index (χ3n) is 3.00. The lowest BCUT2D eigenvalue weighted by atomic mass is 10.2. The number of hydrogen-bond donors (Lipinski definition) is 1. The van der Waals surface area contributed by atoms with E-state index in [4.69, 9.17) is 0 Å². The van der Waals surface area contributed by atoms with E-state index < -0.39 is 6.36 Å². The zero-order valence-corrected chi connectivity index (χ0v) is 13.4. The highest BCUT2D eigenvalue weighted by molar-refractivity contribution is 7.99. The molecular weight excluding hydrogens is 341 g/mol. The number of hydrogen-bond acceptors (Lipinski definition) is 4. The SMILES string of the molecule is CN(Cc1ccccc1OC(F)(F)F)C(=O)C1CSCN1.Cl. The number of nitrogens with one attached hydrogen (secondary N) is 1. The molecule has 1 N–H and O–H groups in total. The standard InChI is InChI=1S/C13H15F3N2O2S.ClH/c1-18(12(19)10-7-21-8-17-10)6-9-4-2-3-5-11(9)20-13(14,15)16;/h2-5,10,17H,6-8H2,1H3;1H. The fourth-order valence-electron chi connectivity index (χ4n) is 2.01. The van der Waals surface area contributed by atoms with Crippen molar-refractivity contribution in [1.82, 2.24) is 10.2 Å². The number of thioether (sulfide) groups is 1. The van der Waals surface area contributed by atoms with Crippen molar-refractivity contribution in [2.75, 3.05) is 18.7 Å². The number of halogens is 4. The molecule has 1 aliphatic rings. The Kier molecular flexibility index (Phi) is 6.83. The summed E-state index contributed by atoms with van der Waals surface area (Å²) in [4.78, 5) is 13.5. The van der Waals surface area contributed by atoms with E-state index in [0.29, 0.717) is 17.2 Å². The number of ether oxygens (including phenoxy) is 1. The lowest BCUT2D eigenvalue weighted by molar-refractivity contribution is -0.275. The minimum atomic E-state index is -4.75. The normalized spacial score (nSPS) is 17.7. The van der Waals surface area contributed by atoms with Crippen LogP contribution in [0.5, 0.6) is 5.75 Å². The highest BCUT2D eigenvalue weighted by Gasteiger charge is 2.32. The second kappa shape index (κ2) is 7.94. The highest BCUT2D eigenvalue weighted by atomic mass is 35.5. The van der Waals surface area contributed by atoms with Crippen molar-refractivity contribution in [3.05, 3.63) is 29.8 Å². The molecule has 0 bridgehead atoms. The van der Waals surface area contributed by atoms with E-state index in [1.54, 1.807) is 24.9 Å². The maximum Gasteiger partial charge on any atom is 0.573 e. The zero-order chi connectivity index (χ0) is 15.5. The van der Waals surface area contributed by atoms with Gasteiger partial charge in [-0.15, -0.1) is 37.3 Å². The van der Waals surface area contributed by atoms with Crippen LogP contribution in [0.15, 0.2) is 24.3 Å². The van der Waals surface area contributed by atoms with Crippen LogP contribution in [0.3, 0.4) is 0 Å². The molecule has 1 aromatic rings. The number of carbonyl (C=O) groups is 1.